The molecule has 0 radical (unpaired) electrons. The van der Waals surface area contributed by atoms with Crippen molar-refractivity contribution < 1.29 is 28.4 Å². The molecule has 0 aliphatic carbocycles. The predicted molar refractivity (Wildman–Crippen MR) is 213 cm³/mol. The van der Waals surface area contributed by atoms with Crippen molar-refractivity contribution in [2.45, 2.75) is 0 Å². The van der Waals surface area contributed by atoms with Gasteiger partial charge in [0, 0.05) is 16.7 Å². The fourth-order valence-electron chi connectivity index (χ4n) is 4.16. The molecule has 0 saturated carbocycles. The van der Waals surface area contributed by atoms with Crippen molar-refractivity contribution >= 4 is 117 Å². The SMILES string of the molecule is N#Cc1ccc(C(=O)Cl)cc1.O=C(Cl)c1ccc2ccccc2c1.O=C(Cl)c1cccc2ccccc12.O=C(Cl)c1ccco1.O=C(Cl)c1cccs1. The lowest BCUT2D eigenvalue weighted by molar-refractivity contribution is 0.105. The number of carbonyl (C=O) groups excluding carboxylic acids is 5. The summed E-state index contributed by atoms with van der Waals surface area (Å²) in [5.74, 6) is 0.187. The minimum atomic E-state index is -0.560. The maximum Gasteiger partial charge on any atom is 0.287 e. The van der Waals surface area contributed by atoms with E-state index in [1.807, 2.05) is 78.2 Å². The van der Waals surface area contributed by atoms with Gasteiger partial charge in [-0.25, -0.2) is 0 Å². The van der Waals surface area contributed by atoms with Crippen molar-refractivity contribution in [2.75, 3.05) is 0 Å². The molecule has 7 nitrogen and oxygen atoms in total. The van der Waals surface area contributed by atoms with Crippen LogP contribution in [0.1, 0.15) is 56.9 Å². The fourth-order valence-corrected chi connectivity index (χ4v) is 5.43. The summed E-state index contributed by atoms with van der Waals surface area (Å²) in [4.78, 5) is 53.5. The summed E-state index contributed by atoms with van der Waals surface area (Å²) in [6.07, 6.45) is 1.40. The van der Waals surface area contributed by atoms with E-state index in [0.717, 1.165) is 21.5 Å². The van der Waals surface area contributed by atoms with Crippen LogP contribution in [-0.4, -0.2) is 26.2 Å². The largest absolute Gasteiger partial charge is 0.460 e. The number of thiophene rings is 1. The molecule has 0 bridgehead atoms. The topological polar surface area (TPSA) is 122 Å². The Balaban J connectivity index is 0.000000181. The van der Waals surface area contributed by atoms with Crippen molar-refractivity contribution in [1.29, 1.82) is 5.26 Å². The van der Waals surface area contributed by atoms with Gasteiger partial charge in [-0.3, -0.25) is 24.0 Å². The van der Waals surface area contributed by atoms with Crippen LogP contribution in [0.4, 0.5) is 0 Å². The first-order chi connectivity index (χ1) is 25.4. The fraction of sp³-hybridized carbons (Fsp3) is 0. The molecular weight excluding hydrogens is 800 g/mol. The second kappa shape index (κ2) is 22.1. The molecule has 7 aromatic rings. The number of fused-ring (bicyclic) bond motifs is 2. The minimum absolute atomic E-state index is 0.187. The van der Waals surface area contributed by atoms with Gasteiger partial charge >= 0.3 is 0 Å². The highest BCUT2D eigenvalue weighted by Gasteiger charge is 2.06. The molecular formula is C40H24Cl5NO6S. The van der Waals surface area contributed by atoms with E-state index in [-0.39, 0.29) is 11.0 Å². The Hall–Kier alpha value is -5.11. The zero-order valence-corrected chi connectivity index (χ0v) is 31.6. The second-order valence-electron chi connectivity index (χ2n) is 10.1. The minimum Gasteiger partial charge on any atom is -0.460 e. The summed E-state index contributed by atoms with van der Waals surface area (Å²) >= 11 is 27.5. The molecule has 2 heterocycles. The average molecular weight is 824 g/mol. The number of halogens is 5. The lowest BCUT2D eigenvalue weighted by Gasteiger charge is -2.00. The van der Waals surface area contributed by atoms with Crippen LogP contribution in [0, 0.1) is 11.3 Å². The quantitative estimate of drug-likeness (QED) is 0.158. The number of hydrogen-bond donors (Lipinski definition) is 0. The summed E-state index contributed by atoms with van der Waals surface area (Å²) in [5.41, 5.74) is 2.04. The third kappa shape index (κ3) is 14.1. The maximum absolute atomic E-state index is 11.0. The number of nitriles is 1. The summed E-state index contributed by atoms with van der Waals surface area (Å²) in [6.45, 7) is 0. The second-order valence-corrected chi connectivity index (χ2v) is 12.8. The molecule has 0 saturated heterocycles. The molecule has 5 aromatic carbocycles. The standard InChI is InChI=1S/2C11H7ClO.C8H4ClNO.C5H3ClO2.C5H3ClOS/c12-11(13)10-7-3-5-8-4-1-2-6-9(8)10;12-11(13)10-6-5-8-3-1-2-4-9(8)7-10;9-8(11)7-3-1-6(5-10)2-4-7;2*6-5(7)4-2-1-3-8-4/h2*1-7H;1-4H;2*1-3H. The summed E-state index contributed by atoms with van der Waals surface area (Å²) in [6, 6.07) is 41.2. The van der Waals surface area contributed by atoms with Gasteiger partial charge in [-0.05, 0) is 146 Å². The number of nitrogens with zero attached hydrogens (tertiary/aromatic N) is 1. The van der Waals surface area contributed by atoms with Crippen LogP contribution in [0.2, 0.25) is 0 Å². The average Bonchev–Trinajstić information content (AvgIpc) is 3.92. The van der Waals surface area contributed by atoms with Crippen molar-refractivity contribution in [3.8, 4) is 6.07 Å². The molecule has 2 aromatic heterocycles. The lowest BCUT2D eigenvalue weighted by atomic mass is 10.1. The van der Waals surface area contributed by atoms with Crippen LogP contribution in [0.25, 0.3) is 21.5 Å². The van der Waals surface area contributed by atoms with E-state index in [1.165, 1.54) is 35.8 Å². The van der Waals surface area contributed by atoms with E-state index in [1.54, 1.807) is 48.5 Å². The van der Waals surface area contributed by atoms with E-state index >= 15 is 0 Å². The molecule has 0 aliphatic rings. The number of rotatable bonds is 5. The Bertz CT molecular complexity index is 2300. The summed E-state index contributed by atoms with van der Waals surface area (Å²) in [5, 5.41) is 12.1. The van der Waals surface area contributed by atoms with Gasteiger partial charge in [-0.1, -0.05) is 72.8 Å². The lowest BCUT2D eigenvalue weighted by Crippen LogP contribution is -1.89. The number of furan rings is 1. The Morgan fingerprint density at radius 2 is 1.13 bits per heavy atom. The van der Waals surface area contributed by atoms with E-state index in [4.69, 9.17) is 63.3 Å². The normalized spacial score (nSPS) is 9.58. The van der Waals surface area contributed by atoms with Gasteiger partial charge in [0.15, 0.2) is 5.76 Å². The monoisotopic (exact) mass is 821 g/mol. The molecule has 0 atom stereocenters. The van der Waals surface area contributed by atoms with Crippen molar-refractivity contribution in [3.05, 3.63) is 178 Å². The first-order valence-corrected chi connectivity index (χ1v) is 17.7. The number of benzene rings is 5. The Labute approximate surface area is 332 Å². The summed E-state index contributed by atoms with van der Waals surface area (Å²) < 4.78 is 4.61. The molecule has 7 rings (SSSR count). The van der Waals surface area contributed by atoms with Crippen LogP contribution in [0.15, 0.2) is 150 Å². The number of carbonyl (C=O) groups is 5. The molecule has 0 N–H and O–H groups in total. The van der Waals surface area contributed by atoms with Gasteiger partial charge in [0.25, 0.3) is 26.2 Å². The molecule has 0 amide bonds. The van der Waals surface area contributed by atoms with Gasteiger partial charge < -0.3 is 4.42 Å². The van der Waals surface area contributed by atoms with E-state index in [2.05, 4.69) is 4.42 Å². The zero-order valence-electron chi connectivity index (χ0n) is 27.1. The van der Waals surface area contributed by atoms with Crippen molar-refractivity contribution in [1.82, 2.24) is 0 Å². The third-order valence-corrected chi connectivity index (χ3v) is 8.66. The predicted octanol–water partition coefficient (Wildman–Crippen LogP) is 12.2. The molecule has 13 heteroatoms. The highest BCUT2D eigenvalue weighted by molar-refractivity contribution is 7.13. The van der Waals surface area contributed by atoms with Gasteiger partial charge in [0.1, 0.15) is 0 Å². The third-order valence-electron chi connectivity index (χ3n) is 6.65. The smallest absolute Gasteiger partial charge is 0.287 e. The maximum atomic E-state index is 11.0. The van der Waals surface area contributed by atoms with Gasteiger partial charge in [0.05, 0.1) is 22.8 Å². The molecule has 0 fully saturated rings. The van der Waals surface area contributed by atoms with Crippen LogP contribution >= 0.6 is 69.3 Å². The molecule has 266 valence electrons. The number of hydrogen-bond acceptors (Lipinski definition) is 8. The molecule has 53 heavy (non-hydrogen) atoms. The van der Waals surface area contributed by atoms with E-state index < -0.39 is 21.0 Å². The first-order valence-electron chi connectivity index (χ1n) is 14.9. The van der Waals surface area contributed by atoms with Crippen LogP contribution in [-0.2, 0) is 0 Å². The van der Waals surface area contributed by atoms with Crippen molar-refractivity contribution in [3.63, 3.8) is 0 Å². The summed E-state index contributed by atoms with van der Waals surface area (Å²) in [7, 11) is 0. The van der Waals surface area contributed by atoms with E-state index in [0.29, 0.717) is 27.1 Å². The Morgan fingerprint density at radius 3 is 1.62 bits per heavy atom. The molecule has 0 spiro atoms. The van der Waals surface area contributed by atoms with Crippen molar-refractivity contribution in [2.24, 2.45) is 0 Å². The van der Waals surface area contributed by atoms with Crippen LogP contribution in [0.5, 0.6) is 0 Å². The highest BCUT2D eigenvalue weighted by Crippen LogP contribution is 2.20. The Morgan fingerprint density at radius 1 is 0.528 bits per heavy atom. The molecule has 0 unspecified atom stereocenters. The van der Waals surface area contributed by atoms with Gasteiger partial charge in [0.2, 0.25) is 0 Å². The van der Waals surface area contributed by atoms with Gasteiger partial charge in [-0.2, -0.15) is 5.26 Å². The van der Waals surface area contributed by atoms with Gasteiger partial charge in [-0.15, -0.1) is 11.3 Å². The highest BCUT2D eigenvalue weighted by atomic mass is 35.5. The van der Waals surface area contributed by atoms with Crippen LogP contribution in [0.3, 0.4) is 0 Å². The zero-order chi connectivity index (χ0) is 38.8. The molecule has 0 aliphatic heterocycles. The first kappa shape index (κ1) is 42.3. The van der Waals surface area contributed by atoms with E-state index in [9.17, 15) is 24.0 Å². The van der Waals surface area contributed by atoms with Crippen LogP contribution < -0.4 is 0 Å². The Kier molecular flexibility index (Phi) is 17.6.